The van der Waals surface area contributed by atoms with E-state index in [2.05, 4.69) is 0 Å². The van der Waals surface area contributed by atoms with Gasteiger partial charge in [0.15, 0.2) is 5.78 Å². The van der Waals surface area contributed by atoms with Crippen LogP contribution in [0.25, 0.3) is 0 Å². The molecular weight excluding hydrogens is 426 g/mol. The third kappa shape index (κ3) is 7.28. The molecule has 1 aliphatic heterocycles. The number of carbonyl (C=O) groups excluding carboxylic acids is 3. The first-order valence-corrected chi connectivity index (χ1v) is 11.9. The highest BCUT2D eigenvalue weighted by atomic mass is 32.1. The summed E-state index contributed by atoms with van der Waals surface area (Å²) in [6.07, 6.45) is 2.62. The average molecular weight is 458 g/mol. The van der Waals surface area contributed by atoms with E-state index >= 15 is 0 Å². The van der Waals surface area contributed by atoms with Gasteiger partial charge in [-0.05, 0) is 49.6 Å². The molecule has 32 heavy (non-hydrogen) atoms. The Bertz CT molecular complexity index is 932. The van der Waals surface area contributed by atoms with Crippen LogP contribution in [0.3, 0.4) is 0 Å². The molecule has 0 unspecified atom stereocenters. The molecule has 6 nitrogen and oxygen atoms in total. The van der Waals surface area contributed by atoms with Crippen molar-refractivity contribution in [1.82, 2.24) is 4.90 Å². The van der Waals surface area contributed by atoms with Crippen molar-refractivity contribution in [2.75, 3.05) is 20.3 Å². The molecule has 0 radical (unpaired) electrons. The van der Waals surface area contributed by atoms with Gasteiger partial charge in [-0.2, -0.15) is 0 Å². The van der Waals surface area contributed by atoms with Crippen LogP contribution in [0, 0.1) is 6.92 Å². The monoisotopic (exact) mass is 457 g/mol. The molecule has 1 amide bonds. The van der Waals surface area contributed by atoms with Crippen LogP contribution >= 0.6 is 11.3 Å². The molecule has 1 atom stereocenters. The average Bonchev–Trinajstić information content (AvgIpc) is 3.47. The predicted molar refractivity (Wildman–Crippen MR) is 124 cm³/mol. The molecule has 1 aliphatic rings. The summed E-state index contributed by atoms with van der Waals surface area (Å²) in [6, 6.07) is 11.4. The summed E-state index contributed by atoms with van der Waals surface area (Å²) in [5.41, 5.74) is 0.971. The molecule has 1 aromatic carbocycles. The molecule has 0 spiro atoms. The molecule has 172 valence electrons. The summed E-state index contributed by atoms with van der Waals surface area (Å²) in [5.74, 6) is 0.601. The van der Waals surface area contributed by atoms with Gasteiger partial charge in [-0.15, -0.1) is 11.3 Å². The lowest BCUT2D eigenvalue weighted by Gasteiger charge is -2.26. The van der Waals surface area contributed by atoms with Gasteiger partial charge < -0.3 is 14.4 Å². The van der Waals surface area contributed by atoms with E-state index in [0.29, 0.717) is 18.0 Å². The van der Waals surface area contributed by atoms with Gasteiger partial charge in [-0.3, -0.25) is 14.4 Å². The third-order valence-corrected chi connectivity index (χ3v) is 6.61. The van der Waals surface area contributed by atoms with E-state index in [-0.39, 0.29) is 49.3 Å². The first-order valence-electron chi connectivity index (χ1n) is 11.1. The first-order chi connectivity index (χ1) is 15.4. The largest absolute Gasteiger partial charge is 0.497 e. The van der Waals surface area contributed by atoms with Gasteiger partial charge in [-0.1, -0.05) is 12.1 Å². The van der Waals surface area contributed by atoms with Crippen LogP contribution in [0.4, 0.5) is 0 Å². The Balaban J connectivity index is 1.52. The van der Waals surface area contributed by atoms with Gasteiger partial charge in [0.1, 0.15) is 11.5 Å². The quantitative estimate of drug-likeness (QED) is 0.436. The second-order valence-corrected chi connectivity index (χ2v) is 9.42. The number of carbonyl (C=O) groups is 3. The fourth-order valence-electron chi connectivity index (χ4n) is 3.77. The molecule has 1 aromatic heterocycles. The minimum atomic E-state index is -0.0723. The number of ether oxygens (including phenoxy) is 2. The molecule has 1 fully saturated rings. The molecule has 3 rings (SSSR count). The first kappa shape index (κ1) is 24.1. The fourth-order valence-corrected chi connectivity index (χ4v) is 4.60. The zero-order valence-corrected chi connectivity index (χ0v) is 19.6. The van der Waals surface area contributed by atoms with Gasteiger partial charge in [0.25, 0.3) is 0 Å². The van der Waals surface area contributed by atoms with Crippen molar-refractivity contribution in [3.8, 4) is 5.75 Å². The standard InChI is InChI=1S/C25H31NO5S/c1-18-8-12-24(32-18)23(28)11-9-20(27)10-13-25(29)26(17-22-7-4-14-31-22)16-19-5-3-6-21(15-19)30-2/h3,5-6,8,12,15,22H,4,7,9-11,13-14,16-17H2,1-2H3/t22-/m1/s1. The van der Waals surface area contributed by atoms with Crippen molar-refractivity contribution in [3.05, 3.63) is 51.7 Å². The van der Waals surface area contributed by atoms with Crippen molar-refractivity contribution in [3.63, 3.8) is 0 Å². The SMILES string of the molecule is COc1cccc(CN(C[C@H]2CCCO2)C(=O)CCC(=O)CCC(=O)c2ccc(C)s2)c1. The molecule has 0 saturated carbocycles. The Morgan fingerprint density at radius 3 is 2.62 bits per heavy atom. The molecule has 0 N–H and O–H groups in total. The molecule has 1 saturated heterocycles. The summed E-state index contributed by atoms with van der Waals surface area (Å²) < 4.78 is 11.0. The van der Waals surface area contributed by atoms with Gasteiger partial charge in [0.2, 0.25) is 5.91 Å². The highest BCUT2D eigenvalue weighted by molar-refractivity contribution is 7.14. The van der Waals surface area contributed by atoms with Crippen LogP contribution < -0.4 is 4.74 Å². The van der Waals surface area contributed by atoms with Crippen LogP contribution in [-0.4, -0.2) is 48.7 Å². The lowest BCUT2D eigenvalue weighted by Crippen LogP contribution is -2.37. The maximum absolute atomic E-state index is 13.0. The minimum Gasteiger partial charge on any atom is -0.497 e. The Kier molecular flexibility index (Phi) is 9.00. The molecule has 0 aliphatic carbocycles. The van der Waals surface area contributed by atoms with Crippen LogP contribution in [0.2, 0.25) is 0 Å². The highest BCUT2D eigenvalue weighted by Crippen LogP contribution is 2.20. The van der Waals surface area contributed by atoms with Gasteiger partial charge in [0, 0.05) is 50.3 Å². The molecule has 0 bridgehead atoms. The summed E-state index contributed by atoms with van der Waals surface area (Å²) in [6.45, 7) is 3.63. The minimum absolute atomic E-state index is 0.0131. The predicted octanol–water partition coefficient (Wildman–Crippen LogP) is 4.59. The number of nitrogens with zero attached hydrogens (tertiary/aromatic N) is 1. The second-order valence-electron chi connectivity index (χ2n) is 8.13. The van der Waals surface area contributed by atoms with E-state index in [1.807, 2.05) is 37.3 Å². The Morgan fingerprint density at radius 1 is 1.12 bits per heavy atom. The molecule has 7 heteroatoms. The number of methoxy groups -OCH3 is 1. The van der Waals surface area contributed by atoms with Crippen LogP contribution in [0.15, 0.2) is 36.4 Å². The van der Waals surface area contributed by atoms with Gasteiger partial charge in [0.05, 0.1) is 18.1 Å². The van der Waals surface area contributed by atoms with Crippen LogP contribution in [0.5, 0.6) is 5.75 Å². The number of aryl methyl sites for hydroxylation is 1. The van der Waals surface area contributed by atoms with Crippen molar-refractivity contribution in [2.45, 2.75) is 58.1 Å². The van der Waals surface area contributed by atoms with Crippen molar-refractivity contribution in [2.24, 2.45) is 0 Å². The number of hydrogen-bond donors (Lipinski definition) is 0. The van der Waals surface area contributed by atoms with Crippen molar-refractivity contribution < 1.29 is 23.9 Å². The number of thiophene rings is 1. The Morgan fingerprint density at radius 2 is 1.94 bits per heavy atom. The maximum Gasteiger partial charge on any atom is 0.223 e. The van der Waals surface area contributed by atoms with Crippen LogP contribution in [0.1, 0.15) is 58.6 Å². The number of benzene rings is 1. The van der Waals surface area contributed by atoms with E-state index in [9.17, 15) is 14.4 Å². The normalized spacial score (nSPS) is 15.5. The highest BCUT2D eigenvalue weighted by Gasteiger charge is 2.23. The zero-order valence-electron chi connectivity index (χ0n) is 18.8. The summed E-state index contributed by atoms with van der Waals surface area (Å²) >= 11 is 1.45. The summed E-state index contributed by atoms with van der Waals surface area (Å²) in [4.78, 5) is 41.1. The van der Waals surface area contributed by atoms with Crippen molar-refractivity contribution >= 4 is 28.8 Å². The lowest BCUT2D eigenvalue weighted by molar-refractivity contribution is -0.135. The van der Waals surface area contributed by atoms with E-state index < -0.39 is 0 Å². The van der Waals surface area contributed by atoms with E-state index in [1.54, 1.807) is 18.1 Å². The van der Waals surface area contributed by atoms with E-state index in [1.165, 1.54) is 11.3 Å². The Hall–Kier alpha value is -2.51. The summed E-state index contributed by atoms with van der Waals surface area (Å²) in [5, 5.41) is 0. The Labute approximate surface area is 193 Å². The smallest absolute Gasteiger partial charge is 0.223 e. The van der Waals surface area contributed by atoms with Gasteiger partial charge in [-0.25, -0.2) is 0 Å². The summed E-state index contributed by atoms with van der Waals surface area (Å²) in [7, 11) is 1.62. The van der Waals surface area contributed by atoms with Crippen LogP contribution in [-0.2, 0) is 20.9 Å². The topological polar surface area (TPSA) is 72.9 Å². The number of hydrogen-bond acceptors (Lipinski definition) is 6. The molecule has 2 aromatic rings. The fraction of sp³-hybridized carbons (Fsp3) is 0.480. The number of rotatable bonds is 12. The third-order valence-electron chi connectivity index (χ3n) is 5.57. The molecule has 2 heterocycles. The second kappa shape index (κ2) is 11.9. The van der Waals surface area contributed by atoms with Crippen molar-refractivity contribution in [1.29, 1.82) is 0 Å². The van der Waals surface area contributed by atoms with E-state index in [0.717, 1.165) is 35.6 Å². The zero-order chi connectivity index (χ0) is 22.9. The number of ketones is 2. The maximum atomic E-state index is 13.0. The number of Topliss-reactive ketones (excluding diaryl/α,β-unsaturated/α-hetero) is 2. The lowest BCUT2D eigenvalue weighted by atomic mass is 10.1. The molecular formula is C25H31NO5S. The van der Waals surface area contributed by atoms with Gasteiger partial charge >= 0.3 is 0 Å². The van der Waals surface area contributed by atoms with E-state index in [4.69, 9.17) is 9.47 Å². The number of amides is 1.